The first kappa shape index (κ1) is 12.9. The van der Waals surface area contributed by atoms with E-state index in [2.05, 4.69) is 32.3 Å². The zero-order valence-corrected chi connectivity index (χ0v) is 12.0. The second-order valence-corrected chi connectivity index (χ2v) is 5.02. The fraction of sp³-hybridized carbons (Fsp3) is 0.214. The molecule has 0 fully saturated rings. The van der Waals surface area contributed by atoms with Crippen molar-refractivity contribution in [1.29, 1.82) is 0 Å². The molecule has 0 bridgehead atoms. The molecule has 0 aliphatic heterocycles. The highest BCUT2D eigenvalue weighted by molar-refractivity contribution is 9.10. The molecule has 0 aliphatic carbocycles. The lowest BCUT2D eigenvalue weighted by Crippen LogP contribution is -2.00. The van der Waals surface area contributed by atoms with Gasteiger partial charge in [0.1, 0.15) is 5.75 Å². The maximum Gasteiger partial charge on any atom is 0.122 e. The van der Waals surface area contributed by atoms with E-state index in [0.717, 1.165) is 28.0 Å². The Labute approximate surface area is 115 Å². The number of hydrogen-bond donors (Lipinski definition) is 1. The van der Waals surface area contributed by atoms with Crippen LogP contribution in [0.4, 0.5) is 5.69 Å². The van der Waals surface area contributed by atoms with Crippen molar-refractivity contribution in [2.75, 3.05) is 12.4 Å². The smallest absolute Gasteiger partial charge is 0.122 e. The van der Waals surface area contributed by atoms with Crippen LogP contribution in [-0.4, -0.2) is 12.1 Å². The molecule has 1 heterocycles. The van der Waals surface area contributed by atoms with Gasteiger partial charge in [-0.1, -0.05) is 22.0 Å². The van der Waals surface area contributed by atoms with Gasteiger partial charge in [-0.3, -0.25) is 4.98 Å². The van der Waals surface area contributed by atoms with E-state index in [-0.39, 0.29) is 0 Å². The monoisotopic (exact) mass is 306 g/mol. The molecule has 0 unspecified atom stereocenters. The average Bonchev–Trinajstić information content (AvgIpc) is 2.36. The number of aryl methyl sites for hydroxylation is 1. The minimum absolute atomic E-state index is 0.744. The molecule has 2 rings (SSSR count). The Bertz CT molecular complexity index is 543. The predicted molar refractivity (Wildman–Crippen MR) is 77.0 cm³/mol. The van der Waals surface area contributed by atoms with Crippen molar-refractivity contribution in [3.8, 4) is 5.75 Å². The summed E-state index contributed by atoms with van der Waals surface area (Å²) in [5.74, 6) is 0.828. The van der Waals surface area contributed by atoms with Crippen molar-refractivity contribution in [1.82, 2.24) is 4.98 Å². The highest BCUT2D eigenvalue weighted by Crippen LogP contribution is 2.24. The normalized spacial score (nSPS) is 10.2. The topological polar surface area (TPSA) is 34.1 Å². The first-order chi connectivity index (χ1) is 8.67. The van der Waals surface area contributed by atoms with E-state index in [1.165, 1.54) is 5.56 Å². The Kier molecular flexibility index (Phi) is 4.20. The second-order valence-electron chi connectivity index (χ2n) is 4.10. The van der Waals surface area contributed by atoms with Gasteiger partial charge in [0, 0.05) is 35.2 Å². The third-order valence-electron chi connectivity index (χ3n) is 2.54. The van der Waals surface area contributed by atoms with Crippen LogP contribution in [0.2, 0.25) is 0 Å². The summed E-state index contributed by atoms with van der Waals surface area (Å²) >= 11 is 3.46. The lowest BCUT2D eigenvalue weighted by atomic mass is 10.2. The molecule has 0 spiro atoms. The number of nitrogens with one attached hydrogen (secondary N) is 1. The van der Waals surface area contributed by atoms with Crippen molar-refractivity contribution in [2.45, 2.75) is 13.5 Å². The summed E-state index contributed by atoms with van der Waals surface area (Å²) in [4.78, 5) is 4.17. The van der Waals surface area contributed by atoms with Crippen LogP contribution in [0, 0.1) is 6.92 Å². The summed E-state index contributed by atoms with van der Waals surface area (Å²) in [5.41, 5.74) is 3.35. The van der Waals surface area contributed by atoms with Crippen LogP contribution >= 0.6 is 15.9 Å². The molecular weight excluding hydrogens is 292 g/mol. The number of anilines is 1. The number of hydrogen-bond acceptors (Lipinski definition) is 3. The van der Waals surface area contributed by atoms with Gasteiger partial charge in [0.15, 0.2) is 0 Å². The molecule has 1 N–H and O–H groups in total. The van der Waals surface area contributed by atoms with E-state index in [1.807, 2.05) is 37.5 Å². The Balaban J connectivity index is 2.08. The maximum atomic E-state index is 5.22. The van der Waals surface area contributed by atoms with Crippen molar-refractivity contribution >= 4 is 21.6 Å². The highest BCUT2D eigenvalue weighted by Gasteiger charge is 2.00. The highest BCUT2D eigenvalue weighted by atomic mass is 79.9. The van der Waals surface area contributed by atoms with Crippen LogP contribution in [0.25, 0.3) is 0 Å². The van der Waals surface area contributed by atoms with Crippen molar-refractivity contribution in [2.24, 2.45) is 0 Å². The van der Waals surface area contributed by atoms with Gasteiger partial charge in [-0.15, -0.1) is 0 Å². The van der Waals surface area contributed by atoms with Crippen LogP contribution in [0.5, 0.6) is 5.75 Å². The number of ether oxygens (including phenoxy) is 1. The maximum absolute atomic E-state index is 5.22. The molecule has 0 saturated carbocycles. The van der Waals surface area contributed by atoms with Crippen LogP contribution < -0.4 is 10.1 Å². The predicted octanol–water partition coefficient (Wildman–Crippen LogP) is 3.77. The number of halogens is 1. The molecule has 0 amide bonds. The van der Waals surface area contributed by atoms with Crippen LogP contribution in [0.15, 0.2) is 41.1 Å². The molecule has 4 heteroatoms. The standard InChI is InChI=1S/C14H15BrN2O/c1-10-3-11(8-16-7-10)9-17-13-4-12(15)5-14(6-13)18-2/h3-8,17H,9H2,1-2H3. The van der Waals surface area contributed by atoms with E-state index in [0.29, 0.717) is 0 Å². The van der Waals surface area contributed by atoms with Gasteiger partial charge in [-0.05, 0) is 30.2 Å². The molecule has 0 aliphatic rings. The fourth-order valence-electron chi connectivity index (χ4n) is 1.70. The van der Waals surface area contributed by atoms with Crippen molar-refractivity contribution < 1.29 is 4.74 Å². The summed E-state index contributed by atoms with van der Waals surface area (Å²) in [7, 11) is 1.66. The Hall–Kier alpha value is -1.55. The van der Waals surface area contributed by atoms with E-state index >= 15 is 0 Å². The van der Waals surface area contributed by atoms with Crippen molar-refractivity contribution in [3.05, 3.63) is 52.3 Å². The molecule has 3 nitrogen and oxygen atoms in total. The molecule has 2 aromatic rings. The Morgan fingerprint density at radius 2 is 2.06 bits per heavy atom. The first-order valence-corrected chi connectivity index (χ1v) is 6.45. The SMILES string of the molecule is COc1cc(Br)cc(NCc2cncc(C)c2)c1. The largest absolute Gasteiger partial charge is 0.497 e. The number of nitrogens with zero attached hydrogens (tertiary/aromatic N) is 1. The Morgan fingerprint density at radius 1 is 1.22 bits per heavy atom. The van der Waals surface area contributed by atoms with E-state index in [9.17, 15) is 0 Å². The van der Waals surface area contributed by atoms with Crippen molar-refractivity contribution in [3.63, 3.8) is 0 Å². The number of rotatable bonds is 4. The van der Waals surface area contributed by atoms with Gasteiger partial charge in [0.2, 0.25) is 0 Å². The van der Waals surface area contributed by atoms with Crippen LogP contribution in [0.3, 0.4) is 0 Å². The molecule has 94 valence electrons. The first-order valence-electron chi connectivity index (χ1n) is 5.66. The zero-order valence-electron chi connectivity index (χ0n) is 10.4. The zero-order chi connectivity index (χ0) is 13.0. The van der Waals surface area contributed by atoms with Gasteiger partial charge in [-0.2, -0.15) is 0 Å². The Morgan fingerprint density at radius 3 is 2.78 bits per heavy atom. The van der Waals surface area contributed by atoms with Gasteiger partial charge in [-0.25, -0.2) is 0 Å². The third kappa shape index (κ3) is 3.47. The molecule has 18 heavy (non-hydrogen) atoms. The second kappa shape index (κ2) is 5.87. The summed E-state index contributed by atoms with van der Waals surface area (Å²) in [5, 5.41) is 3.35. The minimum atomic E-state index is 0.744. The number of aromatic nitrogens is 1. The van der Waals surface area contributed by atoms with Gasteiger partial charge >= 0.3 is 0 Å². The third-order valence-corrected chi connectivity index (χ3v) is 2.99. The van der Waals surface area contributed by atoms with Gasteiger partial charge < -0.3 is 10.1 Å². The molecule has 0 saturated heterocycles. The average molecular weight is 307 g/mol. The quantitative estimate of drug-likeness (QED) is 0.933. The van der Waals surface area contributed by atoms with Crippen LogP contribution in [-0.2, 0) is 6.54 Å². The summed E-state index contributed by atoms with van der Waals surface area (Å²) in [6.07, 6.45) is 3.72. The van der Waals surface area contributed by atoms with Crippen LogP contribution in [0.1, 0.15) is 11.1 Å². The van der Waals surface area contributed by atoms with Gasteiger partial charge in [0.05, 0.1) is 7.11 Å². The fourth-order valence-corrected chi connectivity index (χ4v) is 2.17. The minimum Gasteiger partial charge on any atom is -0.497 e. The summed E-state index contributed by atoms with van der Waals surface area (Å²) in [6, 6.07) is 8.04. The summed E-state index contributed by atoms with van der Waals surface area (Å²) < 4.78 is 6.22. The molecule has 0 radical (unpaired) electrons. The van der Waals surface area contributed by atoms with E-state index < -0.39 is 0 Å². The molecule has 1 aromatic carbocycles. The number of methoxy groups -OCH3 is 1. The lowest BCUT2D eigenvalue weighted by molar-refractivity contribution is 0.414. The van der Waals surface area contributed by atoms with Gasteiger partial charge in [0.25, 0.3) is 0 Å². The number of pyridine rings is 1. The number of benzene rings is 1. The molecule has 0 atom stereocenters. The lowest BCUT2D eigenvalue weighted by Gasteiger charge is -2.09. The molecule has 1 aromatic heterocycles. The molecular formula is C14H15BrN2O. The van der Waals surface area contributed by atoms with E-state index in [4.69, 9.17) is 4.74 Å². The summed E-state index contributed by atoms with van der Waals surface area (Å²) in [6.45, 7) is 2.78. The van der Waals surface area contributed by atoms with E-state index in [1.54, 1.807) is 7.11 Å².